The van der Waals surface area contributed by atoms with Gasteiger partial charge in [0.25, 0.3) is 0 Å². The number of rotatable bonds is 5. The molecule has 2 rings (SSSR count). The van der Waals surface area contributed by atoms with Crippen LogP contribution in [0.1, 0.15) is 24.4 Å². The zero-order valence-corrected chi connectivity index (χ0v) is 12.5. The van der Waals surface area contributed by atoms with Crippen LogP contribution in [0.5, 0.6) is 0 Å². The van der Waals surface area contributed by atoms with Crippen LogP contribution in [0, 0.1) is 5.82 Å². The maximum Gasteiger partial charge on any atom is 0.124 e. The van der Waals surface area contributed by atoms with Gasteiger partial charge >= 0.3 is 0 Å². The number of nitrogens with zero attached hydrogens (tertiary/aromatic N) is 1. The Morgan fingerprint density at radius 3 is 2.68 bits per heavy atom. The van der Waals surface area contributed by atoms with Gasteiger partial charge < -0.3 is 10.4 Å². The van der Waals surface area contributed by atoms with Gasteiger partial charge in [-0.2, -0.15) is 0 Å². The van der Waals surface area contributed by atoms with Crippen molar-refractivity contribution in [1.29, 1.82) is 0 Å². The number of hydrogen-bond acceptors (Lipinski definition) is 3. The van der Waals surface area contributed by atoms with Crippen molar-refractivity contribution in [3.05, 3.63) is 34.1 Å². The molecule has 2 N–H and O–H groups in total. The van der Waals surface area contributed by atoms with E-state index in [2.05, 4.69) is 26.1 Å². The molecule has 0 aromatic heterocycles. The molecule has 1 atom stereocenters. The summed E-state index contributed by atoms with van der Waals surface area (Å²) in [5, 5.41) is 12.4. The molecule has 0 unspecified atom stereocenters. The van der Waals surface area contributed by atoms with E-state index in [-0.39, 0.29) is 18.5 Å². The molecule has 1 aromatic carbocycles. The second-order valence-corrected chi connectivity index (χ2v) is 5.79. The predicted octanol–water partition coefficient (Wildman–Crippen LogP) is 2.31. The monoisotopic (exact) mass is 330 g/mol. The zero-order valence-electron chi connectivity index (χ0n) is 10.9. The van der Waals surface area contributed by atoms with E-state index in [1.165, 1.54) is 6.07 Å². The summed E-state index contributed by atoms with van der Waals surface area (Å²) in [5.74, 6) is -0.214. The van der Waals surface area contributed by atoms with Crippen molar-refractivity contribution in [1.82, 2.24) is 10.2 Å². The second kappa shape index (κ2) is 7.33. The fourth-order valence-electron chi connectivity index (χ4n) is 2.61. The van der Waals surface area contributed by atoms with Gasteiger partial charge in [0, 0.05) is 43.3 Å². The lowest BCUT2D eigenvalue weighted by molar-refractivity contribution is 0.154. The minimum atomic E-state index is -0.214. The van der Waals surface area contributed by atoms with Crippen LogP contribution in [0.2, 0.25) is 0 Å². The quantitative estimate of drug-likeness (QED) is 0.869. The molecule has 0 radical (unpaired) electrons. The van der Waals surface area contributed by atoms with E-state index in [0.29, 0.717) is 0 Å². The molecule has 1 saturated heterocycles. The normalized spacial score (nSPS) is 18.5. The van der Waals surface area contributed by atoms with Gasteiger partial charge in [0.15, 0.2) is 0 Å². The third-order valence-electron chi connectivity index (χ3n) is 3.50. The molecule has 106 valence electrons. The number of aliphatic hydroxyl groups excluding tert-OH is 1. The SMILES string of the molecule is OCCC[C@@H](c1cc(F)cc(Br)c1)N1CCNCC1. The Hall–Kier alpha value is -0.490. The summed E-state index contributed by atoms with van der Waals surface area (Å²) in [5.41, 5.74) is 0.988. The van der Waals surface area contributed by atoms with E-state index in [1.807, 2.05) is 6.07 Å². The van der Waals surface area contributed by atoms with Crippen molar-refractivity contribution in [2.24, 2.45) is 0 Å². The molecule has 0 amide bonds. The lowest BCUT2D eigenvalue weighted by Crippen LogP contribution is -2.45. The molecule has 3 nitrogen and oxygen atoms in total. The highest BCUT2D eigenvalue weighted by molar-refractivity contribution is 9.10. The van der Waals surface area contributed by atoms with Gasteiger partial charge in [-0.1, -0.05) is 15.9 Å². The fraction of sp³-hybridized carbons (Fsp3) is 0.571. The van der Waals surface area contributed by atoms with Crippen molar-refractivity contribution in [2.75, 3.05) is 32.8 Å². The van der Waals surface area contributed by atoms with Gasteiger partial charge in [0.05, 0.1) is 0 Å². The van der Waals surface area contributed by atoms with Gasteiger partial charge in [0.2, 0.25) is 0 Å². The number of piperazine rings is 1. The highest BCUT2D eigenvalue weighted by atomic mass is 79.9. The van der Waals surface area contributed by atoms with Gasteiger partial charge in [-0.05, 0) is 36.6 Å². The van der Waals surface area contributed by atoms with E-state index in [9.17, 15) is 4.39 Å². The molecule has 0 aliphatic carbocycles. The van der Waals surface area contributed by atoms with E-state index in [1.54, 1.807) is 6.07 Å². The van der Waals surface area contributed by atoms with Crippen molar-refractivity contribution >= 4 is 15.9 Å². The lowest BCUT2D eigenvalue weighted by atomic mass is 9.99. The molecular weight excluding hydrogens is 311 g/mol. The molecule has 5 heteroatoms. The number of hydrogen-bond donors (Lipinski definition) is 2. The summed E-state index contributed by atoms with van der Waals surface area (Å²) in [4.78, 5) is 2.37. The summed E-state index contributed by atoms with van der Waals surface area (Å²) in [6.45, 7) is 4.03. The fourth-order valence-corrected chi connectivity index (χ4v) is 3.09. The lowest BCUT2D eigenvalue weighted by Gasteiger charge is -2.35. The van der Waals surface area contributed by atoms with Crippen molar-refractivity contribution in [3.63, 3.8) is 0 Å². The number of halogens is 2. The first-order valence-electron chi connectivity index (χ1n) is 6.72. The molecule has 19 heavy (non-hydrogen) atoms. The Bertz CT molecular complexity index is 390. The van der Waals surface area contributed by atoms with Gasteiger partial charge in [-0.25, -0.2) is 4.39 Å². The first kappa shape index (κ1) is 14.9. The first-order chi connectivity index (χ1) is 9.20. The number of benzene rings is 1. The van der Waals surface area contributed by atoms with Crippen LogP contribution in [0.15, 0.2) is 22.7 Å². The topological polar surface area (TPSA) is 35.5 Å². The zero-order chi connectivity index (χ0) is 13.7. The molecule has 1 aliphatic heterocycles. The Balaban J connectivity index is 2.19. The van der Waals surface area contributed by atoms with Crippen molar-refractivity contribution in [3.8, 4) is 0 Å². The Morgan fingerprint density at radius 2 is 2.05 bits per heavy atom. The summed E-state index contributed by atoms with van der Waals surface area (Å²) < 4.78 is 14.3. The Morgan fingerprint density at radius 1 is 1.32 bits per heavy atom. The maximum atomic E-state index is 13.6. The van der Waals surface area contributed by atoms with Crippen LogP contribution in [0.25, 0.3) is 0 Å². The Kier molecular flexibility index (Phi) is 5.76. The number of nitrogens with one attached hydrogen (secondary N) is 1. The van der Waals surface area contributed by atoms with Crippen LogP contribution in [-0.4, -0.2) is 42.8 Å². The molecule has 0 spiro atoms. The van der Waals surface area contributed by atoms with Crippen molar-refractivity contribution < 1.29 is 9.50 Å². The summed E-state index contributed by atoms with van der Waals surface area (Å²) in [7, 11) is 0. The Labute approximate surface area is 121 Å². The molecule has 0 saturated carbocycles. The highest BCUT2D eigenvalue weighted by Crippen LogP contribution is 2.29. The van der Waals surface area contributed by atoms with E-state index in [0.717, 1.165) is 49.1 Å². The molecule has 0 bridgehead atoms. The molecule has 1 heterocycles. The van der Waals surface area contributed by atoms with Gasteiger partial charge in [0.1, 0.15) is 5.82 Å². The maximum absolute atomic E-state index is 13.6. The second-order valence-electron chi connectivity index (χ2n) is 4.87. The van der Waals surface area contributed by atoms with E-state index < -0.39 is 0 Å². The van der Waals surface area contributed by atoms with Gasteiger partial charge in [-0.15, -0.1) is 0 Å². The van der Waals surface area contributed by atoms with Crippen LogP contribution in [0.4, 0.5) is 4.39 Å². The minimum Gasteiger partial charge on any atom is -0.396 e. The molecule has 1 aromatic rings. The summed E-state index contributed by atoms with van der Waals surface area (Å²) in [6.07, 6.45) is 1.59. The third kappa shape index (κ3) is 4.24. The highest BCUT2D eigenvalue weighted by Gasteiger charge is 2.22. The van der Waals surface area contributed by atoms with Crippen molar-refractivity contribution in [2.45, 2.75) is 18.9 Å². The average Bonchev–Trinajstić information content (AvgIpc) is 2.39. The van der Waals surface area contributed by atoms with E-state index >= 15 is 0 Å². The standard InChI is InChI=1S/C14H20BrFN2O/c15-12-8-11(9-13(16)10-12)14(2-1-7-19)18-5-3-17-4-6-18/h8-10,14,17,19H,1-7H2/t14-/m0/s1. The van der Waals surface area contributed by atoms with Crippen LogP contribution < -0.4 is 5.32 Å². The molecule has 1 aliphatic rings. The van der Waals surface area contributed by atoms with E-state index in [4.69, 9.17) is 5.11 Å². The van der Waals surface area contributed by atoms with Crippen LogP contribution in [-0.2, 0) is 0 Å². The third-order valence-corrected chi connectivity index (χ3v) is 3.96. The predicted molar refractivity (Wildman–Crippen MR) is 77.6 cm³/mol. The molecular formula is C14H20BrFN2O. The summed E-state index contributed by atoms with van der Waals surface area (Å²) in [6, 6.07) is 5.24. The largest absolute Gasteiger partial charge is 0.396 e. The first-order valence-corrected chi connectivity index (χ1v) is 7.51. The number of aliphatic hydroxyl groups is 1. The smallest absolute Gasteiger partial charge is 0.124 e. The summed E-state index contributed by atoms with van der Waals surface area (Å²) >= 11 is 3.35. The van der Waals surface area contributed by atoms with Gasteiger partial charge in [-0.3, -0.25) is 4.90 Å². The average molecular weight is 331 g/mol. The minimum absolute atomic E-state index is 0.180. The van der Waals surface area contributed by atoms with Crippen LogP contribution in [0.3, 0.4) is 0 Å². The molecule has 1 fully saturated rings. The van der Waals surface area contributed by atoms with Crippen LogP contribution >= 0.6 is 15.9 Å².